The fourth-order valence-electron chi connectivity index (χ4n) is 1.60. The van der Waals surface area contributed by atoms with Gasteiger partial charge in [-0.15, -0.1) is 0 Å². The molecular weight excluding hydrogens is 249 g/mol. The lowest BCUT2D eigenvalue weighted by Gasteiger charge is -2.10. The van der Waals surface area contributed by atoms with Gasteiger partial charge in [0.05, 0.1) is 19.9 Å². The van der Waals surface area contributed by atoms with E-state index in [1.165, 1.54) is 26.4 Å². The van der Waals surface area contributed by atoms with Crippen LogP contribution in [0.2, 0.25) is 0 Å². The van der Waals surface area contributed by atoms with E-state index in [1.54, 1.807) is 12.1 Å². The number of carbonyl (C=O) groups excluding carboxylic acids is 1. The van der Waals surface area contributed by atoms with Crippen LogP contribution >= 0.6 is 0 Å². The highest BCUT2D eigenvalue weighted by molar-refractivity contribution is 5.88. The first-order valence-electron chi connectivity index (χ1n) is 5.97. The Morgan fingerprint density at radius 3 is 2.74 bits per heavy atom. The van der Waals surface area contributed by atoms with Crippen molar-refractivity contribution in [2.75, 3.05) is 26.1 Å². The summed E-state index contributed by atoms with van der Waals surface area (Å²) in [6.07, 6.45) is 2.34. The van der Waals surface area contributed by atoms with Crippen molar-refractivity contribution in [2.45, 2.75) is 13.3 Å². The van der Waals surface area contributed by atoms with Crippen molar-refractivity contribution in [2.24, 2.45) is 0 Å². The molecular formula is C14H18FNO3. The minimum Gasteiger partial charge on any atom is -0.494 e. The third-order valence-corrected chi connectivity index (χ3v) is 2.63. The van der Waals surface area contributed by atoms with Crippen molar-refractivity contribution in [3.63, 3.8) is 0 Å². The zero-order valence-electron chi connectivity index (χ0n) is 11.3. The lowest BCUT2D eigenvalue weighted by atomic mass is 10.2. The van der Waals surface area contributed by atoms with Crippen molar-refractivity contribution >= 4 is 11.7 Å². The number of ether oxygens (including phenoxy) is 2. The van der Waals surface area contributed by atoms with Gasteiger partial charge in [0.15, 0.2) is 0 Å². The molecule has 0 aliphatic heterocycles. The summed E-state index contributed by atoms with van der Waals surface area (Å²) in [6.45, 7) is 2.31. The first-order chi connectivity index (χ1) is 9.12. The molecule has 0 aliphatic rings. The van der Waals surface area contributed by atoms with Gasteiger partial charge in [-0.05, 0) is 18.6 Å². The van der Waals surface area contributed by atoms with Crippen LogP contribution in [0.4, 0.5) is 10.1 Å². The number of methoxy groups -OCH3 is 2. The van der Waals surface area contributed by atoms with Gasteiger partial charge in [-0.2, -0.15) is 0 Å². The van der Waals surface area contributed by atoms with Gasteiger partial charge in [0.2, 0.25) is 0 Å². The van der Waals surface area contributed by atoms with Crippen LogP contribution in [0.1, 0.15) is 13.3 Å². The Kier molecular flexibility index (Phi) is 5.85. The summed E-state index contributed by atoms with van der Waals surface area (Å²) in [5.74, 6) is -0.276. The van der Waals surface area contributed by atoms with E-state index in [0.717, 1.165) is 0 Å². The zero-order chi connectivity index (χ0) is 14.3. The summed E-state index contributed by atoms with van der Waals surface area (Å²) < 4.78 is 22.7. The molecule has 0 heterocycles. The van der Waals surface area contributed by atoms with Gasteiger partial charge in [-0.25, -0.2) is 9.18 Å². The quantitative estimate of drug-likeness (QED) is 0.636. The van der Waals surface area contributed by atoms with Crippen LogP contribution in [-0.4, -0.2) is 26.7 Å². The molecule has 1 rings (SSSR count). The van der Waals surface area contributed by atoms with E-state index < -0.39 is 0 Å². The van der Waals surface area contributed by atoms with Crippen molar-refractivity contribution in [1.29, 1.82) is 0 Å². The standard InChI is InChI=1S/C14H18FNO3/c1-4-10(14(17)19-3)7-8-16-12-6-5-11(15)9-13(12)18-2/h5-7,9,16H,4,8H2,1-3H3/b10-7-. The highest BCUT2D eigenvalue weighted by Gasteiger charge is 2.07. The molecule has 0 saturated carbocycles. The smallest absolute Gasteiger partial charge is 0.333 e. The van der Waals surface area contributed by atoms with Crippen molar-refractivity contribution in [1.82, 2.24) is 0 Å². The SMILES string of the molecule is CC/C(=C/CNc1ccc(F)cc1OC)C(=O)OC. The minimum absolute atomic E-state index is 0.338. The number of hydrogen-bond acceptors (Lipinski definition) is 4. The molecule has 0 aromatic heterocycles. The van der Waals surface area contributed by atoms with Gasteiger partial charge < -0.3 is 14.8 Å². The Hall–Kier alpha value is -2.04. The van der Waals surface area contributed by atoms with Gasteiger partial charge >= 0.3 is 5.97 Å². The summed E-state index contributed by atoms with van der Waals surface area (Å²) >= 11 is 0. The average molecular weight is 267 g/mol. The predicted molar refractivity (Wildman–Crippen MR) is 71.8 cm³/mol. The Morgan fingerprint density at radius 1 is 1.42 bits per heavy atom. The van der Waals surface area contributed by atoms with E-state index >= 15 is 0 Å². The Balaban J connectivity index is 2.71. The maximum absolute atomic E-state index is 13.0. The summed E-state index contributed by atoms with van der Waals surface area (Å²) in [6, 6.07) is 4.23. The Morgan fingerprint density at radius 2 is 2.16 bits per heavy atom. The molecule has 0 amide bonds. The number of esters is 1. The molecule has 0 atom stereocenters. The van der Waals surface area contributed by atoms with Crippen LogP contribution in [0, 0.1) is 5.82 Å². The highest BCUT2D eigenvalue weighted by Crippen LogP contribution is 2.24. The van der Waals surface area contributed by atoms with E-state index in [1.807, 2.05) is 6.92 Å². The summed E-state index contributed by atoms with van der Waals surface area (Å²) in [5, 5.41) is 3.06. The molecule has 1 N–H and O–H groups in total. The first-order valence-corrected chi connectivity index (χ1v) is 5.97. The number of hydrogen-bond donors (Lipinski definition) is 1. The van der Waals surface area contributed by atoms with Crippen molar-refractivity contribution < 1.29 is 18.7 Å². The van der Waals surface area contributed by atoms with Gasteiger partial charge in [0, 0.05) is 18.2 Å². The monoisotopic (exact) mass is 267 g/mol. The van der Waals surface area contributed by atoms with Crippen molar-refractivity contribution in [3.8, 4) is 5.75 Å². The van der Waals surface area contributed by atoms with Crippen molar-refractivity contribution in [3.05, 3.63) is 35.7 Å². The van der Waals surface area contributed by atoms with Gasteiger partial charge in [0.1, 0.15) is 11.6 Å². The van der Waals surface area contributed by atoms with Gasteiger partial charge in [0.25, 0.3) is 0 Å². The molecule has 0 spiro atoms. The molecule has 19 heavy (non-hydrogen) atoms. The molecule has 0 radical (unpaired) electrons. The molecule has 4 nitrogen and oxygen atoms in total. The Bertz CT molecular complexity index is 472. The summed E-state index contributed by atoms with van der Waals surface area (Å²) in [5.41, 5.74) is 1.26. The molecule has 5 heteroatoms. The average Bonchev–Trinajstić information content (AvgIpc) is 2.44. The number of halogens is 1. The second-order valence-electron chi connectivity index (χ2n) is 3.80. The number of nitrogens with one attached hydrogen (secondary N) is 1. The van der Waals surface area contributed by atoms with E-state index in [4.69, 9.17) is 4.74 Å². The Labute approximate surface area is 112 Å². The normalized spacial score (nSPS) is 11.1. The largest absolute Gasteiger partial charge is 0.494 e. The minimum atomic E-state index is -0.359. The fraction of sp³-hybridized carbons (Fsp3) is 0.357. The maximum atomic E-state index is 13.0. The summed E-state index contributed by atoms with van der Waals surface area (Å²) in [7, 11) is 2.82. The summed E-state index contributed by atoms with van der Waals surface area (Å²) in [4.78, 5) is 11.4. The van der Waals surface area contributed by atoms with Crippen LogP contribution in [0.5, 0.6) is 5.75 Å². The highest BCUT2D eigenvalue weighted by atomic mass is 19.1. The van der Waals surface area contributed by atoms with Crippen LogP contribution in [-0.2, 0) is 9.53 Å². The molecule has 0 unspecified atom stereocenters. The van der Waals surface area contributed by atoms with Gasteiger partial charge in [-0.1, -0.05) is 13.0 Å². The third kappa shape index (κ3) is 4.28. The number of carbonyl (C=O) groups is 1. The van der Waals surface area contributed by atoms with Crippen LogP contribution in [0.25, 0.3) is 0 Å². The molecule has 1 aromatic rings. The molecule has 1 aromatic carbocycles. The molecule has 0 fully saturated rings. The van der Waals surface area contributed by atoms with Gasteiger partial charge in [-0.3, -0.25) is 0 Å². The van der Waals surface area contributed by atoms with E-state index in [0.29, 0.717) is 30.0 Å². The fourth-order valence-corrected chi connectivity index (χ4v) is 1.60. The maximum Gasteiger partial charge on any atom is 0.333 e. The number of benzene rings is 1. The zero-order valence-corrected chi connectivity index (χ0v) is 11.3. The third-order valence-electron chi connectivity index (χ3n) is 2.63. The second-order valence-corrected chi connectivity index (χ2v) is 3.80. The second kappa shape index (κ2) is 7.41. The first kappa shape index (κ1) is 15.0. The number of rotatable bonds is 6. The predicted octanol–water partition coefficient (Wildman–Crippen LogP) is 2.76. The van der Waals surface area contributed by atoms with E-state index in [9.17, 15) is 9.18 Å². The molecule has 0 saturated heterocycles. The molecule has 104 valence electrons. The number of anilines is 1. The van der Waals surface area contributed by atoms with E-state index in [-0.39, 0.29) is 11.8 Å². The van der Waals surface area contributed by atoms with E-state index in [2.05, 4.69) is 10.1 Å². The lowest BCUT2D eigenvalue weighted by molar-refractivity contribution is -0.136. The molecule has 0 bridgehead atoms. The van der Waals surface area contributed by atoms with Crippen LogP contribution in [0.15, 0.2) is 29.8 Å². The van der Waals surface area contributed by atoms with Crippen LogP contribution in [0.3, 0.4) is 0 Å². The lowest BCUT2D eigenvalue weighted by Crippen LogP contribution is -2.07. The van der Waals surface area contributed by atoms with Crippen LogP contribution < -0.4 is 10.1 Å². The molecule has 0 aliphatic carbocycles. The topological polar surface area (TPSA) is 47.6 Å².